The highest BCUT2D eigenvalue weighted by atomic mass is 32.2. The van der Waals surface area contributed by atoms with Crippen LogP contribution in [0.2, 0.25) is 0 Å². The van der Waals surface area contributed by atoms with Gasteiger partial charge < -0.3 is 5.32 Å². The normalized spacial score (nSPS) is 13.7. The van der Waals surface area contributed by atoms with Crippen molar-refractivity contribution in [2.24, 2.45) is 0 Å². The molecule has 4 nitrogen and oxygen atoms in total. The summed E-state index contributed by atoms with van der Waals surface area (Å²) in [6.07, 6.45) is 6.10. The Hall–Kier alpha value is -1.71. The molecule has 0 bridgehead atoms. The topological polar surface area (TPSA) is 54.9 Å². The highest BCUT2D eigenvalue weighted by Gasteiger charge is 2.20. The van der Waals surface area contributed by atoms with Gasteiger partial charge in [-0.05, 0) is 55.5 Å². The number of halogens is 2. The van der Waals surface area contributed by atoms with E-state index < -0.39 is 5.76 Å². The second-order valence-electron chi connectivity index (χ2n) is 6.31. The fraction of sp³-hybridized carbons (Fsp3) is 0.316. The van der Waals surface area contributed by atoms with E-state index in [1.54, 1.807) is 41.9 Å². The van der Waals surface area contributed by atoms with E-state index in [4.69, 9.17) is 0 Å². The van der Waals surface area contributed by atoms with Crippen molar-refractivity contribution in [1.82, 2.24) is 9.97 Å². The summed E-state index contributed by atoms with van der Waals surface area (Å²) in [5.41, 5.74) is 1.94. The number of carbonyl (C=O) groups is 1. The number of hydrogen-bond acceptors (Lipinski definition) is 6. The van der Waals surface area contributed by atoms with Crippen molar-refractivity contribution < 1.29 is 13.6 Å². The van der Waals surface area contributed by atoms with Gasteiger partial charge in [0.25, 0.3) is 5.76 Å². The number of aromatic nitrogens is 2. The highest BCUT2D eigenvalue weighted by molar-refractivity contribution is 8.00. The number of aryl methyl sites for hydroxylation is 2. The highest BCUT2D eigenvalue weighted by Crippen LogP contribution is 2.39. The summed E-state index contributed by atoms with van der Waals surface area (Å²) in [6.45, 7) is 0. The lowest BCUT2D eigenvalue weighted by atomic mass is 9.97. The van der Waals surface area contributed by atoms with Gasteiger partial charge in [0.05, 0.1) is 5.75 Å². The Morgan fingerprint density at radius 1 is 1.18 bits per heavy atom. The van der Waals surface area contributed by atoms with Gasteiger partial charge in [0, 0.05) is 20.8 Å². The van der Waals surface area contributed by atoms with Crippen LogP contribution in [0.15, 0.2) is 40.5 Å². The number of hydrogen-bond donors (Lipinski definition) is 1. The Labute approximate surface area is 173 Å². The number of thiophene rings is 1. The predicted molar refractivity (Wildman–Crippen MR) is 112 cm³/mol. The third-order valence-electron chi connectivity index (χ3n) is 4.42. The molecule has 2 heterocycles. The minimum atomic E-state index is -2.45. The van der Waals surface area contributed by atoms with Gasteiger partial charge in [0.15, 0.2) is 0 Å². The van der Waals surface area contributed by atoms with E-state index >= 15 is 0 Å². The summed E-state index contributed by atoms with van der Waals surface area (Å²) in [6, 6.07) is 6.41. The molecule has 1 amide bonds. The molecule has 4 rings (SSSR count). The monoisotopic (exact) mass is 437 g/mol. The molecule has 28 heavy (non-hydrogen) atoms. The molecule has 0 spiro atoms. The van der Waals surface area contributed by atoms with Crippen LogP contribution in [0.3, 0.4) is 0 Å². The third kappa shape index (κ3) is 4.47. The molecule has 2 aromatic heterocycles. The quantitative estimate of drug-likeness (QED) is 0.401. The lowest BCUT2D eigenvalue weighted by Gasteiger charge is -2.11. The van der Waals surface area contributed by atoms with Crippen molar-refractivity contribution in [3.05, 3.63) is 41.0 Å². The zero-order valence-electron chi connectivity index (χ0n) is 14.8. The molecule has 1 N–H and O–H groups in total. The van der Waals surface area contributed by atoms with Gasteiger partial charge in [-0.3, -0.25) is 4.79 Å². The molecule has 0 unspecified atom stereocenters. The number of nitrogens with zero attached hydrogens (tertiary/aromatic N) is 2. The summed E-state index contributed by atoms with van der Waals surface area (Å²) in [4.78, 5) is 24.0. The van der Waals surface area contributed by atoms with E-state index in [1.807, 2.05) is 0 Å². The number of nitrogens with one attached hydrogen (secondary N) is 1. The van der Waals surface area contributed by atoms with Crippen LogP contribution in [-0.4, -0.2) is 27.4 Å². The van der Waals surface area contributed by atoms with Crippen molar-refractivity contribution >= 4 is 56.7 Å². The van der Waals surface area contributed by atoms with Gasteiger partial charge in [-0.15, -0.1) is 11.3 Å². The Morgan fingerprint density at radius 3 is 2.75 bits per heavy atom. The van der Waals surface area contributed by atoms with Crippen molar-refractivity contribution in [2.75, 3.05) is 11.1 Å². The Kier molecular flexibility index (Phi) is 6.13. The van der Waals surface area contributed by atoms with Crippen molar-refractivity contribution in [1.29, 1.82) is 0 Å². The maximum absolute atomic E-state index is 12.4. The number of amides is 1. The maximum Gasteiger partial charge on any atom is 0.288 e. The van der Waals surface area contributed by atoms with Crippen molar-refractivity contribution in [2.45, 2.75) is 41.4 Å². The van der Waals surface area contributed by atoms with E-state index in [2.05, 4.69) is 15.3 Å². The molecular weight excluding hydrogens is 420 g/mol. The van der Waals surface area contributed by atoms with Crippen LogP contribution in [0.25, 0.3) is 10.2 Å². The van der Waals surface area contributed by atoms with Gasteiger partial charge in [0.1, 0.15) is 16.2 Å². The summed E-state index contributed by atoms with van der Waals surface area (Å²) in [5.74, 6) is -2.39. The predicted octanol–water partition coefficient (Wildman–Crippen LogP) is 5.62. The van der Waals surface area contributed by atoms with Crippen LogP contribution in [0.1, 0.15) is 23.3 Å². The second-order valence-corrected chi connectivity index (χ2v) is 9.42. The second kappa shape index (κ2) is 8.75. The van der Waals surface area contributed by atoms with Crippen LogP contribution in [0, 0.1) is 0 Å². The van der Waals surface area contributed by atoms with Crippen molar-refractivity contribution in [3.63, 3.8) is 0 Å². The van der Waals surface area contributed by atoms with E-state index in [0.717, 1.165) is 28.1 Å². The molecule has 1 aliphatic rings. The summed E-state index contributed by atoms with van der Waals surface area (Å²) < 4.78 is 24.7. The Bertz CT molecular complexity index is 992. The van der Waals surface area contributed by atoms with E-state index in [1.165, 1.54) is 35.0 Å². The number of thioether (sulfide) groups is 2. The van der Waals surface area contributed by atoms with Gasteiger partial charge in [-0.25, -0.2) is 9.97 Å². The third-order valence-corrected chi connectivity index (χ3v) is 7.33. The molecule has 146 valence electrons. The van der Waals surface area contributed by atoms with E-state index in [9.17, 15) is 13.6 Å². The minimum absolute atomic E-state index is 0.157. The SMILES string of the molecule is O=C(CSc1ncnc2sc3c(c12)CCCC3)Nc1ccc(SC(F)F)cc1. The standard InChI is InChI=1S/C19H17F2N3OS3/c20-19(21)27-12-7-5-11(6-8-12)24-15(25)9-26-17-16-13-3-1-2-4-14(13)28-18(16)23-10-22-17/h5-8,10,19H,1-4,9H2,(H,24,25). The lowest BCUT2D eigenvalue weighted by molar-refractivity contribution is -0.113. The molecule has 0 saturated heterocycles. The Morgan fingerprint density at radius 2 is 1.96 bits per heavy atom. The molecule has 0 aliphatic heterocycles. The number of carbonyl (C=O) groups excluding carboxylic acids is 1. The summed E-state index contributed by atoms with van der Waals surface area (Å²) in [7, 11) is 0. The van der Waals surface area contributed by atoms with Gasteiger partial charge in [-0.1, -0.05) is 23.5 Å². The summed E-state index contributed by atoms with van der Waals surface area (Å²) >= 11 is 3.63. The van der Waals surface area contributed by atoms with Crippen LogP contribution < -0.4 is 5.32 Å². The first-order valence-corrected chi connectivity index (χ1v) is 11.5. The molecule has 0 fully saturated rings. The average molecular weight is 438 g/mol. The van der Waals surface area contributed by atoms with Crippen LogP contribution >= 0.6 is 34.9 Å². The van der Waals surface area contributed by atoms with Gasteiger partial charge in [-0.2, -0.15) is 8.78 Å². The number of benzene rings is 1. The van der Waals surface area contributed by atoms with Crippen molar-refractivity contribution in [3.8, 4) is 0 Å². The first-order chi connectivity index (χ1) is 13.6. The van der Waals surface area contributed by atoms with Crippen LogP contribution in [-0.2, 0) is 17.6 Å². The minimum Gasteiger partial charge on any atom is -0.325 e. The molecule has 0 atom stereocenters. The smallest absolute Gasteiger partial charge is 0.288 e. The number of fused-ring (bicyclic) bond motifs is 3. The Balaban J connectivity index is 1.42. The first-order valence-electron chi connectivity index (χ1n) is 8.83. The molecule has 9 heteroatoms. The van der Waals surface area contributed by atoms with Crippen LogP contribution in [0.5, 0.6) is 0 Å². The van der Waals surface area contributed by atoms with E-state index in [0.29, 0.717) is 22.3 Å². The lowest BCUT2D eigenvalue weighted by Crippen LogP contribution is -2.14. The molecule has 1 aromatic carbocycles. The first kappa shape index (κ1) is 19.6. The molecule has 0 radical (unpaired) electrons. The van der Waals surface area contributed by atoms with Gasteiger partial charge in [0.2, 0.25) is 5.91 Å². The summed E-state index contributed by atoms with van der Waals surface area (Å²) in [5, 5.41) is 4.75. The molecule has 0 saturated carbocycles. The number of anilines is 1. The number of rotatable bonds is 6. The fourth-order valence-corrected chi connectivity index (χ4v) is 5.84. The van der Waals surface area contributed by atoms with Crippen LogP contribution in [0.4, 0.5) is 14.5 Å². The molecular formula is C19H17F2N3OS3. The molecule has 1 aliphatic carbocycles. The molecule has 3 aromatic rings. The van der Waals surface area contributed by atoms with Gasteiger partial charge >= 0.3 is 0 Å². The zero-order valence-corrected chi connectivity index (χ0v) is 17.2. The maximum atomic E-state index is 12.4. The zero-order chi connectivity index (χ0) is 19.5. The number of alkyl halides is 2. The fourth-order valence-electron chi connectivity index (χ4n) is 3.22. The van der Waals surface area contributed by atoms with E-state index in [-0.39, 0.29) is 11.7 Å². The average Bonchev–Trinajstić information content (AvgIpc) is 3.07. The largest absolute Gasteiger partial charge is 0.325 e.